The van der Waals surface area contributed by atoms with Gasteiger partial charge in [-0.3, -0.25) is 0 Å². The average Bonchev–Trinajstić information content (AvgIpc) is 3.25. The van der Waals surface area contributed by atoms with E-state index < -0.39 is 17.2 Å². The van der Waals surface area contributed by atoms with Gasteiger partial charge in [-0.25, -0.2) is 18.4 Å². The van der Waals surface area contributed by atoms with Crippen LogP contribution in [0.25, 0.3) is 0 Å². The molecule has 8 heteroatoms. The van der Waals surface area contributed by atoms with Crippen LogP contribution in [0.3, 0.4) is 0 Å². The molecular formula is C26H34F2N4O2. The second-order valence-corrected chi connectivity index (χ2v) is 9.82. The summed E-state index contributed by atoms with van der Waals surface area (Å²) in [6.07, 6.45) is 4.47. The van der Waals surface area contributed by atoms with Crippen molar-refractivity contribution in [3.05, 3.63) is 77.9 Å². The van der Waals surface area contributed by atoms with Gasteiger partial charge in [0.25, 0.3) is 0 Å². The van der Waals surface area contributed by atoms with E-state index in [1.54, 1.807) is 0 Å². The Bertz CT molecular complexity index is 1040. The summed E-state index contributed by atoms with van der Waals surface area (Å²) in [5.41, 5.74) is -0.211. The van der Waals surface area contributed by atoms with E-state index in [0.717, 1.165) is 30.7 Å². The van der Waals surface area contributed by atoms with E-state index in [-0.39, 0.29) is 24.1 Å². The smallest absolute Gasteiger partial charge is 0.137 e. The molecular weight excluding hydrogens is 438 g/mol. The van der Waals surface area contributed by atoms with Crippen molar-refractivity contribution in [1.29, 1.82) is 0 Å². The molecule has 1 N–H and O–H groups in total. The quantitative estimate of drug-likeness (QED) is 0.416. The Labute approximate surface area is 200 Å². The first kappa shape index (κ1) is 25.8. The predicted octanol–water partition coefficient (Wildman–Crippen LogP) is 4.53. The zero-order valence-electron chi connectivity index (χ0n) is 20.3. The molecule has 0 fully saturated rings. The van der Waals surface area contributed by atoms with E-state index in [0.29, 0.717) is 13.2 Å². The van der Waals surface area contributed by atoms with E-state index in [1.165, 1.54) is 29.0 Å². The molecule has 0 aliphatic heterocycles. The standard InChI is InChI=1S/C26H34F2N4O2/c1-25(2,3)20-7-10-22(11-8-20)34-14-6-5-13-31(4)16-26(33,17-32-19-29-18-30-32)23-12-9-21(27)15-24(23)28/h7-12,15,18-19,33H,5-6,13-14,16-17H2,1-4H3. The highest BCUT2D eigenvalue weighted by atomic mass is 19.1. The van der Waals surface area contributed by atoms with Crippen molar-refractivity contribution in [2.24, 2.45) is 0 Å². The van der Waals surface area contributed by atoms with Crippen LogP contribution in [0.1, 0.15) is 44.7 Å². The zero-order valence-corrected chi connectivity index (χ0v) is 20.3. The lowest BCUT2D eigenvalue weighted by Crippen LogP contribution is -2.43. The topological polar surface area (TPSA) is 63.4 Å². The molecule has 0 saturated heterocycles. The summed E-state index contributed by atoms with van der Waals surface area (Å²) in [5.74, 6) is -0.636. The molecule has 1 heterocycles. The summed E-state index contributed by atoms with van der Waals surface area (Å²) in [7, 11) is 1.86. The van der Waals surface area contributed by atoms with Gasteiger partial charge >= 0.3 is 0 Å². The van der Waals surface area contributed by atoms with Gasteiger partial charge in [-0.2, -0.15) is 5.10 Å². The first-order chi connectivity index (χ1) is 16.1. The Hall–Kier alpha value is -2.84. The summed E-state index contributed by atoms with van der Waals surface area (Å²) < 4.78 is 35.3. The number of benzene rings is 2. The fraction of sp³-hybridized carbons (Fsp3) is 0.462. The van der Waals surface area contributed by atoms with Gasteiger partial charge in [0.05, 0.1) is 13.2 Å². The van der Waals surface area contributed by atoms with Crippen LogP contribution in [-0.2, 0) is 17.6 Å². The van der Waals surface area contributed by atoms with Crippen LogP contribution >= 0.6 is 0 Å². The molecule has 2 aromatic carbocycles. The maximum atomic E-state index is 14.5. The molecule has 1 unspecified atom stereocenters. The minimum absolute atomic E-state index is 0.00638. The Morgan fingerprint density at radius 2 is 1.79 bits per heavy atom. The summed E-state index contributed by atoms with van der Waals surface area (Å²) in [6.45, 7) is 7.93. The molecule has 34 heavy (non-hydrogen) atoms. The first-order valence-electron chi connectivity index (χ1n) is 11.5. The molecule has 0 aliphatic carbocycles. The fourth-order valence-corrected chi connectivity index (χ4v) is 3.92. The van der Waals surface area contributed by atoms with Crippen LogP contribution in [0.15, 0.2) is 55.1 Å². The Kier molecular flexibility index (Phi) is 8.38. The van der Waals surface area contributed by atoms with Gasteiger partial charge in [0, 0.05) is 18.2 Å². The number of ether oxygens (including phenoxy) is 1. The minimum atomic E-state index is -1.61. The van der Waals surface area contributed by atoms with Gasteiger partial charge in [0.1, 0.15) is 35.6 Å². The number of hydrogen-bond acceptors (Lipinski definition) is 5. The third-order valence-electron chi connectivity index (χ3n) is 5.78. The Balaban J connectivity index is 1.53. The highest BCUT2D eigenvalue weighted by Crippen LogP contribution is 2.28. The number of halogens is 2. The van der Waals surface area contributed by atoms with Crippen molar-refractivity contribution in [2.45, 2.75) is 51.2 Å². The van der Waals surface area contributed by atoms with Crippen LogP contribution in [0.2, 0.25) is 0 Å². The summed E-state index contributed by atoms with van der Waals surface area (Å²) in [5, 5.41) is 15.4. The normalized spacial score (nSPS) is 13.8. The van der Waals surface area contributed by atoms with Crippen molar-refractivity contribution in [3.63, 3.8) is 0 Å². The number of rotatable bonds is 11. The molecule has 1 aromatic heterocycles. The molecule has 184 valence electrons. The summed E-state index contributed by atoms with van der Waals surface area (Å²) in [6, 6.07) is 11.4. The molecule has 0 aliphatic rings. The van der Waals surface area contributed by atoms with E-state index >= 15 is 0 Å². The van der Waals surface area contributed by atoms with Gasteiger partial charge in [0.2, 0.25) is 0 Å². The predicted molar refractivity (Wildman–Crippen MR) is 128 cm³/mol. The van der Waals surface area contributed by atoms with Crippen molar-refractivity contribution in [2.75, 3.05) is 26.7 Å². The van der Waals surface area contributed by atoms with Crippen LogP contribution < -0.4 is 4.74 Å². The largest absolute Gasteiger partial charge is 0.494 e. The van der Waals surface area contributed by atoms with Crippen LogP contribution in [-0.4, -0.2) is 51.5 Å². The van der Waals surface area contributed by atoms with E-state index in [9.17, 15) is 13.9 Å². The Morgan fingerprint density at radius 1 is 1.06 bits per heavy atom. The highest BCUT2D eigenvalue weighted by molar-refractivity contribution is 5.31. The molecule has 0 bridgehead atoms. The summed E-state index contributed by atoms with van der Waals surface area (Å²) >= 11 is 0. The number of likely N-dealkylation sites (N-methyl/N-ethyl adjacent to an activating group) is 1. The lowest BCUT2D eigenvalue weighted by atomic mass is 9.87. The average molecular weight is 473 g/mol. The number of nitrogens with zero attached hydrogens (tertiary/aromatic N) is 4. The van der Waals surface area contributed by atoms with Crippen molar-refractivity contribution >= 4 is 0 Å². The van der Waals surface area contributed by atoms with Gasteiger partial charge in [-0.1, -0.05) is 39.0 Å². The summed E-state index contributed by atoms with van der Waals surface area (Å²) in [4.78, 5) is 5.82. The van der Waals surface area contributed by atoms with Crippen LogP contribution in [0, 0.1) is 11.6 Å². The van der Waals surface area contributed by atoms with E-state index in [2.05, 4.69) is 43.0 Å². The second kappa shape index (κ2) is 11.1. The molecule has 0 saturated carbocycles. The maximum Gasteiger partial charge on any atom is 0.137 e. The second-order valence-electron chi connectivity index (χ2n) is 9.82. The van der Waals surface area contributed by atoms with Crippen LogP contribution in [0.5, 0.6) is 5.75 Å². The first-order valence-corrected chi connectivity index (χ1v) is 11.5. The van der Waals surface area contributed by atoms with Crippen molar-refractivity contribution < 1.29 is 18.6 Å². The Morgan fingerprint density at radius 3 is 2.41 bits per heavy atom. The molecule has 1 atom stereocenters. The lowest BCUT2D eigenvalue weighted by molar-refractivity contribution is -0.0161. The maximum absolute atomic E-state index is 14.5. The number of aromatic nitrogens is 3. The van der Waals surface area contributed by atoms with E-state index in [1.807, 2.05) is 24.1 Å². The van der Waals surface area contributed by atoms with Crippen molar-refractivity contribution in [3.8, 4) is 5.75 Å². The minimum Gasteiger partial charge on any atom is -0.494 e. The van der Waals surface area contributed by atoms with E-state index in [4.69, 9.17) is 4.74 Å². The number of aliphatic hydroxyl groups is 1. The van der Waals surface area contributed by atoms with Gasteiger partial charge < -0.3 is 14.7 Å². The molecule has 3 aromatic rings. The number of unbranched alkanes of at least 4 members (excludes halogenated alkanes) is 1. The number of hydrogen-bond donors (Lipinski definition) is 1. The van der Waals surface area contributed by atoms with Gasteiger partial charge in [-0.05, 0) is 55.6 Å². The third kappa shape index (κ3) is 7.08. The molecule has 0 spiro atoms. The molecule has 6 nitrogen and oxygen atoms in total. The van der Waals surface area contributed by atoms with Gasteiger partial charge in [0.15, 0.2) is 0 Å². The highest BCUT2D eigenvalue weighted by Gasteiger charge is 2.34. The fourth-order valence-electron chi connectivity index (χ4n) is 3.92. The monoisotopic (exact) mass is 472 g/mol. The molecule has 0 radical (unpaired) electrons. The molecule has 3 rings (SSSR count). The lowest BCUT2D eigenvalue weighted by Gasteiger charge is -2.33. The zero-order chi connectivity index (χ0) is 24.8. The SMILES string of the molecule is CN(CCCCOc1ccc(C(C)(C)C)cc1)CC(O)(Cn1cncn1)c1ccc(F)cc1F. The molecule has 0 amide bonds. The third-order valence-corrected chi connectivity index (χ3v) is 5.78. The van der Waals surface area contributed by atoms with Crippen molar-refractivity contribution in [1.82, 2.24) is 19.7 Å². The van der Waals surface area contributed by atoms with Gasteiger partial charge in [-0.15, -0.1) is 0 Å². The van der Waals surface area contributed by atoms with Crippen LogP contribution in [0.4, 0.5) is 8.78 Å².